The van der Waals surface area contributed by atoms with Crippen molar-refractivity contribution in [2.75, 3.05) is 10.2 Å². The molecule has 2 aliphatic heterocycles. The van der Waals surface area contributed by atoms with Crippen molar-refractivity contribution in [3.8, 4) is 0 Å². The van der Waals surface area contributed by atoms with Gasteiger partial charge in [0.15, 0.2) is 0 Å². The number of imide groups is 1. The largest absolute Gasteiger partial charge is 0.325 e. The van der Waals surface area contributed by atoms with E-state index in [1.807, 2.05) is 48.5 Å². The van der Waals surface area contributed by atoms with E-state index in [0.717, 1.165) is 21.4 Å². The van der Waals surface area contributed by atoms with Crippen LogP contribution in [0.1, 0.15) is 16.4 Å². The molecule has 0 bridgehead atoms. The molecule has 38 heavy (non-hydrogen) atoms. The molecule has 3 heterocycles. The van der Waals surface area contributed by atoms with Gasteiger partial charge in [0.05, 0.1) is 16.6 Å². The molecule has 190 valence electrons. The maximum Gasteiger partial charge on any atom is 0.308 e. The van der Waals surface area contributed by atoms with Crippen molar-refractivity contribution in [2.24, 2.45) is 5.92 Å². The molecule has 0 spiro atoms. The lowest BCUT2D eigenvalue weighted by atomic mass is 9.83. The first kappa shape index (κ1) is 24.8. The summed E-state index contributed by atoms with van der Waals surface area (Å²) in [6.07, 6.45) is 0. The summed E-state index contributed by atoms with van der Waals surface area (Å²) in [6.45, 7) is -0.195. The van der Waals surface area contributed by atoms with Crippen LogP contribution in [0.4, 0.5) is 11.4 Å². The molecule has 0 radical (unpaired) electrons. The number of amides is 3. The lowest BCUT2D eigenvalue weighted by Crippen LogP contribution is -2.33. The number of carbonyl (C=O) groups is 3. The number of carbonyl (C=O) groups excluding carboxylic acids is 3. The average molecular weight is 607 g/mol. The van der Waals surface area contributed by atoms with Gasteiger partial charge >= 0.3 is 4.87 Å². The third-order valence-corrected chi connectivity index (χ3v) is 9.73. The first-order chi connectivity index (χ1) is 18.4. The fourth-order valence-corrected chi connectivity index (χ4v) is 8.20. The predicted octanol–water partition coefficient (Wildman–Crippen LogP) is 5.11. The number of thiazole rings is 1. The minimum atomic E-state index is -0.725. The highest BCUT2D eigenvalue weighted by Crippen LogP contribution is 2.54. The van der Waals surface area contributed by atoms with Crippen LogP contribution in [0.3, 0.4) is 0 Å². The lowest BCUT2D eigenvalue weighted by molar-refractivity contribution is -0.122. The second-order valence-electron chi connectivity index (χ2n) is 8.98. The molecule has 1 saturated heterocycles. The molecule has 7 nitrogen and oxygen atoms in total. The number of hydrogen-bond donors (Lipinski definition) is 1. The SMILES string of the molecule is O=C(Cn1c2c(sc1=O)[C@@H](c1cccc(Br)c1)[C@@H]1C(=O)N(c3ccccc3)C(=O)[C@@H]1S2)Nc1ccccc1. The highest BCUT2D eigenvalue weighted by Gasteiger charge is 2.56. The zero-order chi connectivity index (χ0) is 26.4. The van der Waals surface area contributed by atoms with Crippen LogP contribution in [-0.4, -0.2) is 27.5 Å². The summed E-state index contributed by atoms with van der Waals surface area (Å²) in [5.41, 5.74) is 1.98. The normalized spacial score (nSPS) is 20.2. The van der Waals surface area contributed by atoms with Gasteiger partial charge in [0.2, 0.25) is 17.7 Å². The highest BCUT2D eigenvalue weighted by molar-refractivity contribution is 9.10. The monoisotopic (exact) mass is 605 g/mol. The summed E-state index contributed by atoms with van der Waals surface area (Å²) < 4.78 is 2.25. The number of hydrogen-bond acceptors (Lipinski definition) is 6. The minimum absolute atomic E-state index is 0.195. The number of halogens is 1. The van der Waals surface area contributed by atoms with Gasteiger partial charge in [-0.2, -0.15) is 0 Å². The molecule has 0 unspecified atom stereocenters. The van der Waals surface area contributed by atoms with Crippen molar-refractivity contribution in [2.45, 2.75) is 22.7 Å². The molecule has 4 aromatic rings. The van der Waals surface area contributed by atoms with Crippen molar-refractivity contribution in [3.05, 3.63) is 110 Å². The number of nitrogens with zero attached hydrogens (tertiary/aromatic N) is 2. The van der Waals surface area contributed by atoms with Gasteiger partial charge in [-0.25, -0.2) is 4.90 Å². The summed E-state index contributed by atoms with van der Waals surface area (Å²) in [5, 5.41) is 2.65. The van der Waals surface area contributed by atoms with Crippen LogP contribution in [0.15, 0.2) is 99.2 Å². The van der Waals surface area contributed by atoms with Crippen LogP contribution in [-0.2, 0) is 20.9 Å². The third kappa shape index (κ3) is 4.32. The maximum absolute atomic E-state index is 13.8. The Bertz CT molecular complexity index is 1620. The number of anilines is 2. The molecule has 1 fully saturated rings. The van der Waals surface area contributed by atoms with Crippen LogP contribution in [0, 0.1) is 5.92 Å². The van der Waals surface area contributed by atoms with Crippen molar-refractivity contribution in [1.29, 1.82) is 0 Å². The van der Waals surface area contributed by atoms with Crippen molar-refractivity contribution in [3.63, 3.8) is 0 Å². The zero-order valence-corrected chi connectivity index (χ0v) is 23.0. The standard InChI is InChI=1S/C28H20BrN3O4S2/c29-17-9-7-8-16(14-17)21-22-23(26(35)32(25(22)34)19-12-5-2-6-13-19)37-27-24(21)38-28(36)31(27)15-20(33)30-18-10-3-1-4-11-18/h1-14,21-23H,15H2,(H,30,33)/t21-,22-,23+/m0/s1. The Morgan fingerprint density at radius 3 is 2.32 bits per heavy atom. The van der Waals surface area contributed by atoms with Gasteiger partial charge in [-0.1, -0.05) is 87.6 Å². The first-order valence-electron chi connectivity index (χ1n) is 11.9. The summed E-state index contributed by atoms with van der Waals surface area (Å²) in [5.74, 6) is -2.14. The van der Waals surface area contributed by atoms with Gasteiger partial charge in [-0.05, 0) is 42.0 Å². The van der Waals surface area contributed by atoms with E-state index in [4.69, 9.17) is 0 Å². The van der Waals surface area contributed by atoms with Crippen LogP contribution in [0.2, 0.25) is 0 Å². The van der Waals surface area contributed by atoms with Crippen LogP contribution in [0.5, 0.6) is 0 Å². The molecule has 0 saturated carbocycles. The number of fused-ring (bicyclic) bond motifs is 2. The molecule has 3 amide bonds. The van der Waals surface area contributed by atoms with Gasteiger partial charge in [-0.15, -0.1) is 0 Å². The van der Waals surface area contributed by atoms with E-state index >= 15 is 0 Å². The maximum atomic E-state index is 13.8. The number of nitrogens with one attached hydrogen (secondary N) is 1. The lowest BCUT2D eigenvalue weighted by Gasteiger charge is -2.30. The fourth-order valence-electron chi connectivity index (χ4n) is 5.01. The molecule has 1 aromatic heterocycles. The van der Waals surface area contributed by atoms with E-state index in [1.54, 1.807) is 36.4 Å². The quantitative estimate of drug-likeness (QED) is 0.319. The van der Waals surface area contributed by atoms with Gasteiger partial charge in [0, 0.05) is 21.0 Å². The van der Waals surface area contributed by atoms with E-state index in [9.17, 15) is 19.2 Å². The molecule has 6 rings (SSSR count). The Labute approximate surface area is 234 Å². The third-order valence-electron chi connectivity index (χ3n) is 6.63. The Hall–Kier alpha value is -3.47. The van der Waals surface area contributed by atoms with Gasteiger partial charge in [-0.3, -0.25) is 23.7 Å². The Morgan fingerprint density at radius 2 is 1.61 bits per heavy atom. The minimum Gasteiger partial charge on any atom is -0.325 e. The number of benzene rings is 3. The highest BCUT2D eigenvalue weighted by atomic mass is 79.9. The average Bonchev–Trinajstić information content (AvgIpc) is 3.35. The van der Waals surface area contributed by atoms with Gasteiger partial charge in [0.1, 0.15) is 11.8 Å². The van der Waals surface area contributed by atoms with Crippen LogP contribution in [0.25, 0.3) is 0 Å². The predicted molar refractivity (Wildman–Crippen MR) is 152 cm³/mol. The molecule has 1 N–H and O–H groups in total. The van der Waals surface area contributed by atoms with Crippen LogP contribution >= 0.6 is 39.0 Å². The molecule has 2 aliphatic rings. The summed E-state index contributed by atoms with van der Waals surface area (Å²) in [6, 6.07) is 25.5. The number of para-hydroxylation sites is 2. The van der Waals surface area contributed by atoms with E-state index < -0.39 is 17.1 Å². The van der Waals surface area contributed by atoms with Crippen molar-refractivity contribution < 1.29 is 14.4 Å². The van der Waals surface area contributed by atoms with E-state index in [2.05, 4.69) is 21.2 Å². The van der Waals surface area contributed by atoms with Crippen LogP contribution < -0.4 is 15.1 Å². The Balaban J connectivity index is 1.43. The summed E-state index contributed by atoms with van der Waals surface area (Å²) in [7, 11) is 0. The summed E-state index contributed by atoms with van der Waals surface area (Å²) >= 11 is 5.76. The van der Waals surface area contributed by atoms with Crippen molar-refractivity contribution >= 4 is 68.1 Å². The van der Waals surface area contributed by atoms with Gasteiger partial charge in [0.25, 0.3) is 0 Å². The molecule has 10 heteroatoms. The van der Waals surface area contributed by atoms with Crippen molar-refractivity contribution in [1.82, 2.24) is 4.57 Å². The van der Waals surface area contributed by atoms with E-state index in [1.165, 1.54) is 21.2 Å². The summed E-state index contributed by atoms with van der Waals surface area (Å²) in [4.78, 5) is 55.3. The molecule has 0 aliphatic carbocycles. The number of thioether (sulfide) groups is 1. The van der Waals surface area contributed by atoms with E-state index in [-0.39, 0.29) is 29.1 Å². The first-order valence-corrected chi connectivity index (χ1v) is 14.3. The topological polar surface area (TPSA) is 88.5 Å². The smallest absolute Gasteiger partial charge is 0.308 e. The number of rotatable bonds is 5. The zero-order valence-electron chi connectivity index (χ0n) is 19.7. The molecular formula is C28H20BrN3O4S2. The molecule has 3 atom stereocenters. The van der Waals surface area contributed by atoms with Gasteiger partial charge < -0.3 is 5.32 Å². The second-order valence-corrected chi connectivity index (χ2v) is 12.0. The Morgan fingerprint density at radius 1 is 0.895 bits per heavy atom. The second kappa shape index (κ2) is 10.0. The number of aromatic nitrogens is 1. The Kier molecular flexibility index (Phi) is 6.55. The molecular weight excluding hydrogens is 586 g/mol. The molecule has 3 aromatic carbocycles. The van der Waals surface area contributed by atoms with E-state index in [0.29, 0.717) is 21.3 Å². The fraction of sp³-hybridized carbons (Fsp3) is 0.143.